The van der Waals surface area contributed by atoms with Crippen LogP contribution in [0.1, 0.15) is 37.1 Å². The molecule has 104 valence electrons. The monoisotopic (exact) mass is 261 g/mol. The molecule has 1 N–H and O–H groups in total. The van der Waals surface area contributed by atoms with Crippen LogP contribution in [-0.4, -0.2) is 40.9 Å². The Morgan fingerprint density at radius 2 is 2.00 bits per heavy atom. The lowest BCUT2D eigenvalue weighted by atomic mass is 9.99. The molecule has 0 radical (unpaired) electrons. The number of nitrogens with zero attached hydrogens (tertiary/aromatic N) is 4. The summed E-state index contributed by atoms with van der Waals surface area (Å²) in [5, 5.41) is 12.0. The van der Waals surface area contributed by atoms with Crippen molar-refractivity contribution in [1.29, 1.82) is 0 Å². The van der Waals surface area contributed by atoms with Gasteiger partial charge in [-0.2, -0.15) is 5.10 Å². The van der Waals surface area contributed by atoms with Crippen molar-refractivity contribution < 1.29 is 0 Å². The lowest BCUT2D eigenvalue weighted by Crippen LogP contribution is -2.40. The Kier molecular flexibility index (Phi) is 3.64. The molecule has 1 aliphatic carbocycles. The molecule has 0 amide bonds. The summed E-state index contributed by atoms with van der Waals surface area (Å²) in [4.78, 5) is 7.02. The van der Waals surface area contributed by atoms with E-state index in [1.807, 2.05) is 13.8 Å². The number of piperidine rings is 1. The summed E-state index contributed by atoms with van der Waals surface area (Å²) >= 11 is 0. The van der Waals surface area contributed by atoms with Gasteiger partial charge in [-0.3, -0.25) is 0 Å². The van der Waals surface area contributed by atoms with Crippen LogP contribution in [0.3, 0.4) is 0 Å². The van der Waals surface area contributed by atoms with Crippen molar-refractivity contribution in [3.8, 4) is 0 Å². The van der Waals surface area contributed by atoms with Crippen LogP contribution >= 0.6 is 0 Å². The van der Waals surface area contributed by atoms with Gasteiger partial charge in [0.15, 0.2) is 0 Å². The van der Waals surface area contributed by atoms with Crippen molar-refractivity contribution in [3.05, 3.63) is 11.4 Å². The number of aryl methyl sites for hydroxylation is 2. The van der Waals surface area contributed by atoms with Crippen molar-refractivity contribution >= 4 is 5.95 Å². The molecule has 1 saturated heterocycles. The summed E-state index contributed by atoms with van der Waals surface area (Å²) in [6.45, 7) is 7.34. The van der Waals surface area contributed by atoms with Gasteiger partial charge in [-0.25, -0.2) is 4.98 Å². The highest BCUT2D eigenvalue weighted by atomic mass is 15.3. The minimum absolute atomic E-state index is 0.644. The maximum Gasteiger partial charge on any atom is 0.245 e. The van der Waals surface area contributed by atoms with E-state index in [-0.39, 0.29) is 0 Å². The molecule has 1 aromatic rings. The summed E-state index contributed by atoms with van der Waals surface area (Å²) in [7, 11) is 0. The number of rotatable bonds is 4. The number of aromatic nitrogens is 3. The zero-order valence-electron chi connectivity index (χ0n) is 11.9. The van der Waals surface area contributed by atoms with Crippen molar-refractivity contribution in [2.45, 2.75) is 45.6 Å². The van der Waals surface area contributed by atoms with Crippen molar-refractivity contribution in [2.75, 3.05) is 24.5 Å². The van der Waals surface area contributed by atoms with E-state index in [2.05, 4.69) is 25.4 Å². The quantitative estimate of drug-likeness (QED) is 0.889. The van der Waals surface area contributed by atoms with Crippen molar-refractivity contribution in [3.63, 3.8) is 0 Å². The highest BCUT2D eigenvalue weighted by Gasteiger charge is 2.33. The van der Waals surface area contributed by atoms with E-state index in [9.17, 15) is 0 Å². The van der Waals surface area contributed by atoms with Crippen LogP contribution in [0.25, 0.3) is 0 Å². The van der Waals surface area contributed by atoms with E-state index < -0.39 is 0 Å². The molecule has 5 nitrogen and oxygen atoms in total. The molecule has 2 aliphatic rings. The molecular formula is C14H23N5. The number of anilines is 1. The molecule has 19 heavy (non-hydrogen) atoms. The normalized spacial score (nSPS) is 23.4. The summed E-state index contributed by atoms with van der Waals surface area (Å²) in [5.41, 5.74) is 1.93. The Labute approximate surface area is 114 Å². The second-order valence-electron chi connectivity index (χ2n) is 5.88. The van der Waals surface area contributed by atoms with Gasteiger partial charge >= 0.3 is 0 Å². The van der Waals surface area contributed by atoms with Crippen LogP contribution in [0, 0.1) is 19.8 Å². The van der Waals surface area contributed by atoms with Gasteiger partial charge in [0.25, 0.3) is 0 Å². The first kappa shape index (κ1) is 12.8. The van der Waals surface area contributed by atoms with Crippen LogP contribution in [-0.2, 0) is 0 Å². The number of nitrogens with one attached hydrogen (secondary N) is 1. The third kappa shape index (κ3) is 3.03. The van der Waals surface area contributed by atoms with Crippen LogP contribution in [0.2, 0.25) is 0 Å². The maximum absolute atomic E-state index is 4.63. The van der Waals surface area contributed by atoms with Crippen LogP contribution < -0.4 is 10.2 Å². The van der Waals surface area contributed by atoms with E-state index in [4.69, 9.17) is 0 Å². The fourth-order valence-electron chi connectivity index (χ4n) is 2.71. The molecule has 1 saturated carbocycles. The molecule has 0 spiro atoms. The topological polar surface area (TPSA) is 53.9 Å². The summed E-state index contributed by atoms with van der Waals surface area (Å²) in [5.74, 6) is 1.55. The predicted molar refractivity (Wildman–Crippen MR) is 75.3 cm³/mol. The Hall–Kier alpha value is -1.23. The third-order valence-electron chi connectivity index (χ3n) is 4.18. The number of hydrogen-bond acceptors (Lipinski definition) is 5. The zero-order valence-corrected chi connectivity index (χ0v) is 11.9. The fraction of sp³-hybridized carbons (Fsp3) is 0.786. The fourth-order valence-corrected chi connectivity index (χ4v) is 2.71. The molecule has 1 aliphatic heterocycles. The second kappa shape index (κ2) is 5.41. The van der Waals surface area contributed by atoms with Crippen molar-refractivity contribution in [2.24, 2.45) is 5.92 Å². The van der Waals surface area contributed by atoms with E-state index in [0.29, 0.717) is 6.04 Å². The van der Waals surface area contributed by atoms with E-state index >= 15 is 0 Å². The van der Waals surface area contributed by atoms with Crippen LogP contribution in [0.15, 0.2) is 0 Å². The van der Waals surface area contributed by atoms with Gasteiger partial charge in [0.2, 0.25) is 5.95 Å². The zero-order chi connectivity index (χ0) is 13.2. The molecule has 2 fully saturated rings. The predicted octanol–water partition coefficient (Wildman–Crippen LogP) is 1.46. The summed E-state index contributed by atoms with van der Waals surface area (Å²) < 4.78 is 0. The Morgan fingerprint density at radius 1 is 1.16 bits per heavy atom. The van der Waals surface area contributed by atoms with Gasteiger partial charge in [-0.1, -0.05) is 0 Å². The van der Waals surface area contributed by atoms with Gasteiger partial charge in [0.05, 0.1) is 11.4 Å². The summed E-state index contributed by atoms with van der Waals surface area (Å²) in [6, 6.07) is 0.644. The lowest BCUT2D eigenvalue weighted by Gasteiger charge is -2.30. The largest absolute Gasteiger partial charge is 0.336 e. The lowest BCUT2D eigenvalue weighted by molar-refractivity contribution is 0.374. The number of hydrogen-bond donors (Lipinski definition) is 1. The van der Waals surface area contributed by atoms with Crippen molar-refractivity contribution in [1.82, 2.24) is 20.5 Å². The smallest absolute Gasteiger partial charge is 0.245 e. The molecule has 0 bridgehead atoms. The van der Waals surface area contributed by atoms with E-state index in [1.165, 1.54) is 32.2 Å². The van der Waals surface area contributed by atoms with E-state index in [1.54, 1.807) is 0 Å². The Morgan fingerprint density at radius 3 is 2.63 bits per heavy atom. The Balaban J connectivity index is 1.74. The van der Waals surface area contributed by atoms with Gasteiger partial charge in [-0.15, -0.1) is 5.10 Å². The molecule has 5 heteroatoms. The third-order valence-corrected chi connectivity index (χ3v) is 4.18. The molecule has 3 rings (SSSR count). The molecule has 2 heterocycles. The highest BCUT2D eigenvalue weighted by Crippen LogP contribution is 2.31. The first-order valence-electron chi connectivity index (χ1n) is 7.39. The molecule has 0 aromatic carbocycles. The van der Waals surface area contributed by atoms with Gasteiger partial charge in [0.1, 0.15) is 0 Å². The Bertz CT molecular complexity index is 437. The minimum atomic E-state index is 0.644. The molecule has 1 unspecified atom stereocenters. The average Bonchev–Trinajstić information content (AvgIpc) is 3.25. The van der Waals surface area contributed by atoms with E-state index in [0.717, 1.165) is 36.3 Å². The van der Waals surface area contributed by atoms with Crippen LogP contribution in [0.4, 0.5) is 5.95 Å². The molecule has 1 aromatic heterocycles. The highest BCUT2D eigenvalue weighted by molar-refractivity contribution is 5.34. The average molecular weight is 261 g/mol. The summed E-state index contributed by atoms with van der Waals surface area (Å²) in [6.07, 6.45) is 5.15. The maximum atomic E-state index is 4.63. The van der Waals surface area contributed by atoms with Gasteiger partial charge in [-0.05, 0) is 58.5 Å². The first-order valence-corrected chi connectivity index (χ1v) is 7.39. The molecular weight excluding hydrogens is 238 g/mol. The molecule has 1 atom stereocenters. The minimum Gasteiger partial charge on any atom is -0.336 e. The SMILES string of the molecule is Cc1nnc(N(CC2CCCNC2)C2CC2)nc1C. The standard InChI is InChI=1S/C14H23N5/c1-10-11(2)17-18-14(16-10)19(13-5-6-13)9-12-4-3-7-15-8-12/h12-13,15H,3-9H2,1-2H3. The first-order chi connectivity index (χ1) is 9.24. The van der Waals surface area contributed by atoms with Crippen LogP contribution in [0.5, 0.6) is 0 Å². The van der Waals surface area contributed by atoms with Gasteiger partial charge in [0, 0.05) is 12.6 Å². The van der Waals surface area contributed by atoms with Gasteiger partial charge < -0.3 is 10.2 Å². The second-order valence-corrected chi connectivity index (χ2v) is 5.88.